The van der Waals surface area contributed by atoms with Crippen LogP contribution in [0, 0.1) is 0 Å². The second kappa shape index (κ2) is 8.43. The van der Waals surface area contributed by atoms with Gasteiger partial charge in [0.15, 0.2) is 5.96 Å². The first-order chi connectivity index (χ1) is 10.6. The van der Waals surface area contributed by atoms with Gasteiger partial charge >= 0.3 is 0 Å². The Bertz CT molecular complexity index is 479. The third-order valence-electron chi connectivity index (χ3n) is 3.44. The molecule has 0 spiro atoms. The highest BCUT2D eigenvalue weighted by molar-refractivity contribution is 5.84. The zero-order chi connectivity index (χ0) is 15.8. The van der Waals surface area contributed by atoms with Crippen LogP contribution >= 0.6 is 0 Å². The number of hydrogen-bond acceptors (Lipinski definition) is 4. The molecule has 1 saturated heterocycles. The molecule has 1 aromatic rings. The molecule has 1 fully saturated rings. The van der Waals surface area contributed by atoms with E-state index >= 15 is 0 Å². The van der Waals surface area contributed by atoms with Crippen LogP contribution < -0.4 is 10.6 Å². The van der Waals surface area contributed by atoms with Crippen molar-refractivity contribution in [3.63, 3.8) is 0 Å². The molecular weight excluding hydrogens is 284 g/mol. The molecule has 1 aromatic heterocycles. The number of furan rings is 1. The van der Waals surface area contributed by atoms with Crippen LogP contribution in [0.15, 0.2) is 27.8 Å². The molecule has 122 valence electrons. The van der Waals surface area contributed by atoms with Crippen LogP contribution in [0.3, 0.4) is 0 Å². The summed E-state index contributed by atoms with van der Waals surface area (Å²) in [6.07, 6.45) is 3.50. The van der Waals surface area contributed by atoms with Crippen molar-refractivity contribution in [2.75, 3.05) is 33.9 Å². The monoisotopic (exact) mass is 308 g/mol. The largest absolute Gasteiger partial charge is 0.467 e. The van der Waals surface area contributed by atoms with Crippen molar-refractivity contribution in [3.8, 4) is 0 Å². The molecule has 0 saturated carbocycles. The summed E-state index contributed by atoms with van der Waals surface area (Å²) >= 11 is 0. The molecule has 0 unspecified atom stereocenters. The predicted molar refractivity (Wildman–Crippen MR) is 83.5 cm³/mol. The Morgan fingerprint density at radius 1 is 1.41 bits per heavy atom. The molecule has 1 aliphatic heterocycles. The van der Waals surface area contributed by atoms with Gasteiger partial charge in [-0.25, -0.2) is 4.99 Å². The van der Waals surface area contributed by atoms with Gasteiger partial charge in [0.25, 0.3) is 0 Å². The molecular formula is C15H24N4O3. The van der Waals surface area contributed by atoms with Crippen molar-refractivity contribution in [2.45, 2.75) is 25.4 Å². The highest BCUT2D eigenvalue weighted by Crippen LogP contribution is 2.06. The van der Waals surface area contributed by atoms with Crippen molar-refractivity contribution < 1.29 is 13.9 Å². The molecule has 1 aliphatic rings. The number of nitrogens with zero attached hydrogens (tertiary/aromatic N) is 2. The fraction of sp³-hybridized carbons (Fsp3) is 0.600. The van der Waals surface area contributed by atoms with Gasteiger partial charge in [0, 0.05) is 33.4 Å². The summed E-state index contributed by atoms with van der Waals surface area (Å²) in [5, 5.41) is 6.56. The topological polar surface area (TPSA) is 79.1 Å². The molecule has 7 nitrogen and oxygen atoms in total. The van der Waals surface area contributed by atoms with Crippen LogP contribution in [-0.2, 0) is 16.1 Å². The molecule has 0 aliphatic carbocycles. The maximum atomic E-state index is 11.7. The highest BCUT2D eigenvalue weighted by atomic mass is 16.5. The van der Waals surface area contributed by atoms with E-state index in [1.165, 1.54) is 4.90 Å². The number of carbonyl (C=O) groups excluding carboxylic acids is 1. The van der Waals surface area contributed by atoms with Crippen molar-refractivity contribution in [2.24, 2.45) is 4.99 Å². The van der Waals surface area contributed by atoms with E-state index in [1.807, 2.05) is 12.1 Å². The van der Waals surface area contributed by atoms with Gasteiger partial charge in [-0.05, 0) is 25.0 Å². The van der Waals surface area contributed by atoms with Gasteiger partial charge in [0.05, 0.1) is 12.8 Å². The molecule has 2 heterocycles. The van der Waals surface area contributed by atoms with Crippen LogP contribution in [0.1, 0.15) is 18.6 Å². The molecule has 2 N–H and O–H groups in total. The molecule has 7 heteroatoms. The van der Waals surface area contributed by atoms with Gasteiger partial charge in [-0.2, -0.15) is 0 Å². The minimum absolute atomic E-state index is 0.0360. The lowest BCUT2D eigenvalue weighted by Crippen LogP contribution is -2.45. The molecule has 0 atom stereocenters. The number of rotatable bonds is 5. The fourth-order valence-electron chi connectivity index (χ4n) is 2.06. The number of amides is 1. The molecule has 0 bridgehead atoms. The van der Waals surface area contributed by atoms with Crippen LogP contribution in [0.4, 0.5) is 0 Å². The van der Waals surface area contributed by atoms with E-state index in [2.05, 4.69) is 15.6 Å². The lowest BCUT2D eigenvalue weighted by atomic mass is 10.1. The summed E-state index contributed by atoms with van der Waals surface area (Å²) in [6.45, 7) is 2.14. The summed E-state index contributed by atoms with van der Waals surface area (Å²) in [4.78, 5) is 17.6. The van der Waals surface area contributed by atoms with E-state index in [1.54, 1.807) is 20.4 Å². The number of carbonyl (C=O) groups is 1. The van der Waals surface area contributed by atoms with Gasteiger partial charge in [-0.15, -0.1) is 0 Å². The van der Waals surface area contributed by atoms with Crippen LogP contribution in [0.5, 0.6) is 0 Å². The predicted octanol–water partition coefficient (Wildman–Crippen LogP) is 0.582. The van der Waals surface area contributed by atoms with Crippen molar-refractivity contribution >= 4 is 11.9 Å². The van der Waals surface area contributed by atoms with Gasteiger partial charge in [-0.3, -0.25) is 4.79 Å². The zero-order valence-corrected chi connectivity index (χ0v) is 13.2. The van der Waals surface area contributed by atoms with Gasteiger partial charge in [0.1, 0.15) is 12.3 Å². The average Bonchev–Trinajstić information content (AvgIpc) is 3.04. The molecule has 22 heavy (non-hydrogen) atoms. The summed E-state index contributed by atoms with van der Waals surface area (Å²) in [7, 11) is 3.44. The maximum Gasteiger partial charge on any atom is 0.243 e. The summed E-state index contributed by atoms with van der Waals surface area (Å²) in [5.41, 5.74) is 0. The number of hydrogen-bond donors (Lipinski definition) is 2. The standard InChI is InChI=1S/C15H24N4O3/c1-19(2)14(20)11-17-15(16-10-13-4-3-7-22-13)18-12-5-8-21-9-6-12/h3-4,7,12H,5-6,8-11H2,1-2H3,(H2,16,17,18). The lowest BCUT2D eigenvalue weighted by Gasteiger charge is -2.25. The Morgan fingerprint density at radius 3 is 2.82 bits per heavy atom. The Hall–Kier alpha value is -2.02. The van der Waals surface area contributed by atoms with Gasteiger partial charge in [0.2, 0.25) is 5.91 Å². The lowest BCUT2D eigenvalue weighted by molar-refractivity contribution is -0.127. The summed E-state index contributed by atoms with van der Waals surface area (Å²) in [6, 6.07) is 4.05. The SMILES string of the molecule is CN(C)C(=O)CN=C(NCc1ccco1)NC1CCOCC1. The number of guanidine groups is 1. The third-order valence-corrected chi connectivity index (χ3v) is 3.44. The first-order valence-electron chi connectivity index (χ1n) is 7.50. The van der Waals surface area contributed by atoms with Crippen LogP contribution in [0.2, 0.25) is 0 Å². The number of ether oxygens (including phenoxy) is 1. The van der Waals surface area contributed by atoms with E-state index in [0.29, 0.717) is 18.5 Å². The first kappa shape index (κ1) is 16.4. The Kier molecular flexibility index (Phi) is 6.27. The smallest absolute Gasteiger partial charge is 0.243 e. The fourth-order valence-corrected chi connectivity index (χ4v) is 2.06. The summed E-state index contributed by atoms with van der Waals surface area (Å²) < 4.78 is 10.7. The van der Waals surface area contributed by atoms with E-state index < -0.39 is 0 Å². The van der Waals surface area contributed by atoms with Crippen molar-refractivity contribution in [3.05, 3.63) is 24.2 Å². The minimum atomic E-state index is -0.0360. The van der Waals surface area contributed by atoms with Crippen LogP contribution in [-0.4, -0.2) is 56.7 Å². The Labute approximate surface area is 130 Å². The van der Waals surface area contributed by atoms with E-state index in [4.69, 9.17) is 9.15 Å². The van der Waals surface area contributed by atoms with E-state index in [-0.39, 0.29) is 12.5 Å². The average molecular weight is 308 g/mol. The Morgan fingerprint density at radius 2 is 2.18 bits per heavy atom. The molecule has 0 aromatic carbocycles. The van der Waals surface area contributed by atoms with E-state index in [0.717, 1.165) is 31.8 Å². The number of nitrogens with one attached hydrogen (secondary N) is 2. The van der Waals surface area contributed by atoms with Crippen molar-refractivity contribution in [1.82, 2.24) is 15.5 Å². The summed E-state index contributed by atoms with van der Waals surface area (Å²) in [5.74, 6) is 1.41. The normalized spacial score (nSPS) is 16.4. The molecule has 0 radical (unpaired) electrons. The molecule has 1 amide bonds. The zero-order valence-electron chi connectivity index (χ0n) is 13.2. The van der Waals surface area contributed by atoms with E-state index in [9.17, 15) is 4.79 Å². The Balaban J connectivity index is 1.92. The third kappa shape index (κ3) is 5.40. The first-order valence-corrected chi connectivity index (χ1v) is 7.50. The van der Waals surface area contributed by atoms with Crippen molar-refractivity contribution in [1.29, 1.82) is 0 Å². The van der Waals surface area contributed by atoms with Gasteiger partial charge < -0.3 is 24.7 Å². The maximum absolute atomic E-state index is 11.7. The highest BCUT2D eigenvalue weighted by Gasteiger charge is 2.15. The number of likely N-dealkylation sites (N-methyl/N-ethyl adjacent to an activating group) is 1. The number of aliphatic imine (C=N–C) groups is 1. The molecule has 2 rings (SSSR count). The second-order valence-electron chi connectivity index (χ2n) is 5.42. The van der Waals surface area contributed by atoms with Gasteiger partial charge in [-0.1, -0.05) is 0 Å². The second-order valence-corrected chi connectivity index (χ2v) is 5.42. The van der Waals surface area contributed by atoms with Crippen LogP contribution in [0.25, 0.3) is 0 Å². The quantitative estimate of drug-likeness (QED) is 0.614. The minimum Gasteiger partial charge on any atom is -0.467 e.